The Hall–Kier alpha value is -4.43. The van der Waals surface area contributed by atoms with Gasteiger partial charge in [0.05, 0.1) is 42.7 Å². The third-order valence-corrected chi connectivity index (χ3v) is 6.75. The molecule has 0 bridgehead atoms. The van der Waals surface area contributed by atoms with E-state index in [1.165, 1.54) is 0 Å². The van der Waals surface area contributed by atoms with Crippen LogP contribution in [0.25, 0.3) is 12.2 Å². The zero-order valence-corrected chi connectivity index (χ0v) is 23.8. The first-order valence-electron chi connectivity index (χ1n) is 12.8. The maximum absolute atomic E-state index is 13.9. The van der Waals surface area contributed by atoms with Gasteiger partial charge in [0.15, 0.2) is 28.8 Å². The van der Waals surface area contributed by atoms with Crippen molar-refractivity contribution in [2.45, 2.75) is 6.54 Å². The van der Waals surface area contributed by atoms with Gasteiger partial charge in [-0.1, -0.05) is 30.3 Å². The number of carbonyl (C=O) groups is 1. The number of piperidine rings is 1. The third kappa shape index (κ3) is 5.92. The van der Waals surface area contributed by atoms with Crippen LogP contribution in [0.15, 0.2) is 65.7 Å². The number of carbonyl (C=O) groups excluding carboxylic acids is 1. The molecule has 0 N–H and O–H groups in total. The lowest BCUT2D eigenvalue weighted by atomic mass is 9.93. The van der Waals surface area contributed by atoms with Crippen molar-refractivity contribution in [3.63, 3.8) is 0 Å². The Labute approximate surface area is 235 Å². The second-order valence-electron chi connectivity index (χ2n) is 9.15. The van der Waals surface area contributed by atoms with Gasteiger partial charge in [-0.2, -0.15) is 0 Å². The van der Waals surface area contributed by atoms with Crippen LogP contribution < -0.4 is 28.4 Å². The number of hydrogen-bond acceptors (Lipinski definition) is 8. The molecule has 0 aromatic heterocycles. The molecule has 1 aliphatic heterocycles. The Morgan fingerprint density at radius 1 is 0.600 bits per heavy atom. The van der Waals surface area contributed by atoms with E-state index in [0.717, 1.165) is 5.56 Å². The second kappa shape index (κ2) is 13.1. The molecule has 1 aliphatic rings. The molecular formula is C32H35NO7. The van der Waals surface area contributed by atoms with Gasteiger partial charge in [0, 0.05) is 41.9 Å². The Bertz CT molecular complexity index is 1330. The molecule has 0 saturated carbocycles. The zero-order valence-electron chi connectivity index (χ0n) is 23.8. The van der Waals surface area contributed by atoms with E-state index in [4.69, 9.17) is 28.4 Å². The van der Waals surface area contributed by atoms with Gasteiger partial charge in [0.2, 0.25) is 11.5 Å². The van der Waals surface area contributed by atoms with Crippen molar-refractivity contribution in [2.24, 2.45) is 0 Å². The fraction of sp³-hybridized carbons (Fsp3) is 0.281. The van der Waals surface area contributed by atoms with Crippen LogP contribution in [-0.2, 0) is 11.3 Å². The number of rotatable bonds is 10. The van der Waals surface area contributed by atoms with Crippen LogP contribution in [0.5, 0.6) is 34.5 Å². The Balaban J connectivity index is 1.82. The predicted molar refractivity (Wildman–Crippen MR) is 155 cm³/mol. The van der Waals surface area contributed by atoms with E-state index in [2.05, 4.69) is 17.0 Å². The lowest BCUT2D eigenvalue weighted by Crippen LogP contribution is -2.37. The van der Waals surface area contributed by atoms with E-state index in [-0.39, 0.29) is 5.78 Å². The zero-order chi connectivity index (χ0) is 28.6. The summed E-state index contributed by atoms with van der Waals surface area (Å²) in [5.74, 6) is 2.96. The standard InChI is InChI=1S/C32H35NO7/c1-35-26-14-12-22(29(37-3)31(26)39-5)16-24-19-33(18-21-10-8-7-9-11-21)20-25(28(24)34)17-23-13-15-27(36-2)32(40-6)30(23)38-4/h7-17H,18-20H2,1-6H3/b24-16+,25-17+. The molecule has 0 amide bonds. The summed E-state index contributed by atoms with van der Waals surface area (Å²) in [5, 5.41) is 0. The molecule has 3 aromatic carbocycles. The summed E-state index contributed by atoms with van der Waals surface area (Å²) in [6.45, 7) is 1.60. The molecule has 1 saturated heterocycles. The van der Waals surface area contributed by atoms with Crippen LogP contribution in [0.4, 0.5) is 0 Å². The minimum Gasteiger partial charge on any atom is -0.493 e. The lowest BCUT2D eigenvalue weighted by molar-refractivity contribution is -0.113. The van der Waals surface area contributed by atoms with Crippen LogP contribution in [0, 0.1) is 0 Å². The average Bonchev–Trinajstić information content (AvgIpc) is 2.99. The minimum atomic E-state index is -0.0574. The number of likely N-dealkylation sites (tertiary alicyclic amines) is 1. The summed E-state index contributed by atoms with van der Waals surface area (Å²) in [7, 11) is 9.39. The van der Waals surface area contributed by atoms with Crippen LogP contribution in [0.3, 0.4) is 0 Å². The molecule has 3 aromatic rings. The molecule has 0 spiro atoms. The summed E-state index contributed by atoms with van der Waals surface area (Å²) in [5.41, 5.74) is 3.83. The molecule has 1 heterocycles. The maximum Gasteiger partial charge on any atom is 0.203 e. The normalized spacial score (nSPS) is 15.7. The molecule has 8 nitrogen and oxygen atoms in total. The Kier molecular flexibility index (Phi) is 9.35. The topological polar surface area (TPSA) is 75.7 Å². The summed E-state index contributed by atoms with van der Waals surface area (Å²) < 4.78 is 33.3. The number of benzene rings is 3. The molecule has 1 fully saturated rings. The minimum absolute atomic E-state index is 0.0574. The van der Waals surface area contributed by atoms with Crippen molar-refractivity contribution in [1.82, 2.24) is 4.90 Å². The number of hydrogen-bond donors (Lipinski definition) is 0. The van der Waals surface area contributed by atoms with Gasteiger partial charge < -0.3 is 28.4 Å². The summed E-state index contributed by atoms with van der Waals surface area (Å²) in [4.78, 5) is 16.2. The fourth-order valence-corrected chi connectivity index (χ4v) is 4.91. The lowest BCUT2D eigenvalue weighted by Gasteiger charge is -2.30. The van der Waals surface area contributed by atoms with E-state index in [1.807, 2.05) is 42.5 Å². The average molecular weight is 546 g/mol. The van der Waals surface area contributed by atoms with Gasteiger partial charge >= 0.3 is 0 Å². The molecular weight excluding hydrogens is 510 g/mol. The summed E-state index contributed by atoms with van der Waals surface area (Å²) in [6, 6.07) is 17.5. The summed E-state index contributed by atoms with van der Waals surface area (Å²) >= 11 is 0. The van der Waals surface area contributed by atoms with Gasteiger partial charge in [0.25, 0.3) is 0 Å². The molecule has 210 valence electrons. The highest BCUT2D eigenvalue weighted by molar-refractivity contribution is 6.15. The molecule has 4 rings (SSSR count). The molecule has 0 aliphatic carbocycles. The van der Waals surface area contributed by atoms with Crippen LogP contribution >= 0.6 is 0 Å². The third-order valence-electron chi connectivity index (χ3n) is 6.75. The van der Waals surface area contributed by atoms with E-state index in [9.17, 15) is 4.79 Å². The van der Waals surface area contributed by atoms with Crippen LogP contribution in [0.2, 0.25) is 0 Å². The van der Waals surface area contributed by atoms with Crippen molar-refractivity contribution in [2.75, 3.05) is 55.7 Å². The number of ether oxygens (including phenoxy) is 6. The van der Waals surface area contributed by atoms with Crippen molar-refractivity contribution < 1.29 is 33.2 Å². The first-order chi connectivity index (χ1) is 19.5. The maximum atomic E-state index is 13.9. The second-order valence-corrected chi connectivity index (χ2v) is 9.15. The number of ketones is 1. The molecule has 8 heteroatoms. The summed E-state index contributed by atoms with van der Waals surface area (Å²) in [6.07, 6.45) is 3.72. The van der Waals surface area contributed by atoms with Gasteiger partial charge in [-0.05, 0) is 42.0 Å². The van der Waals surface area contributed by atoms with Crippen molar-refractivity contribution >= 4 is 17.9 Å². The van der Waals surface area contributed by atoms with Gasteiger partial charge in [-0.25, -0.2) is 0 Å². The highest BCUT2D eigenvalue weighted by Crippen LogP contribution is 2.42. The number of Topliss-reactive ketones (excluding diaryl/α,β-unsaturated/α-hetero) is 1. The van der Waals surface area contributed by atoms with E-state index < -0.39 is 0 Å². The highest BCUT2D eigenvalue weighted by atomic mass is 16.5. The Morgan fingerprint density at radius 2 is 1.05 bits per heavy atom. The first-order valence-corrected chi connectivity index (χ1v) is 12.8. The molecule has 0 unspecified atom stereocenters. The van der Waals surface area contributed by atoms with Gasteiger partial charge in [-0.3, -0.25) is 9.69 Å². The van der Waals surface area contributed by atoms with Crippen molar-refractivity contribution in [3.8, 4) is 34.5 Å². The van der Waals surface area contributed by atoms with E-state index in [1.54, 1.807) is 54.8 Å². The molecule has 0 radical (unpaired) electrons. The van der Waals surface area contributed by atoms with Gasteiger partial charge in [-0.15, -0.1) is 0 Å². The van der Waals surface area contributed by atoms with Crippen LogP contribution in [0.1, 0.15) is 16.7 Å². The van der Waals surface area contributed by atoms with E-state index in [0.29, 0.717) is 76.4 Å². The number of nitrogens with zero attached hydrogens (tertiary/aromatic N) is 1. The Morgan fingerprint density at radius 3 is 1.45 bits per heavy atom. The predicted octanol–water partition coefficient (Wildman–Crippen LogP) is 5.29. The smallest absolute Gasteiger partial charge is 0.203 e. The molecule has 0 atom stereocenters. The monoisotopic (exact) mass is 545 g/mol. The highest BCUT2D eigenvalue weighted by Gasteiger charge is 2.28. The number of methoxy groups -OCH3 is 6. The SMILES string of the molecule is COc1ccc(/C=C2\CN(Cc3ccccc3)C/C(=C\c3ccc(OC)c(OC)c3OC)C2=O)c(OC)c1OC. The van der Waals surface area contributed by atoms with Crippen molar-refractivity contribution in [3.05, 3.63) is 82.4 Å². The van der Waals surface area contributed by atoms with Crippen molar-refractivity contribution in [1.29, 1.82) is 0 Å². The largest absolute Gasteiger partial charge is 0.493 e. The fourth-order valence-electron chi connectivity index (χ4n) is 4.91. The first kappa shape index (κ1) is 28.6. The quantitative estimate of drug-likeness (QED) is 0.318. The van der Waals surface area contributed by atoms with Gasteiger partial charge in [0.1, 0.15) is 0 Å². The van der Waals surface area contributed by atoms with Crippen LogP contribution in [-0.4, -0.2) is 66.4 Å². The van der Waals surface area contributed by atoms with E-state index >= 15 is 0 Å². The molecule has 40 heavy (non-hydrogen) atoms.